The zero-order chi connectivity index (χ0) is 27.3. The Labute approximate surface area is 261 Å². The smallest absolute Gasteiger partial charge is 0.0762 e. The number of unbranched alkanes of at least 4 members (excludes halogenated alkanes) is 3. The van der Waals surface area contributed by atoms with E-state index in [1.54, 1.807) is 0 Å². The fourth-order valence-electron chi connectivity index (χ4n) is 5.93. The van der Waals surface area contributed by atoms with Gasteiger partial charge in [0.05, 0.1) is 33.4 Å². The number of nitrogens with zero attached hydrogens (tertiary/aromatic N) is 2. The van der Waals surface area contributed by atoms with Crippen LogP contribution in [0.1, 0.15) is 50.7 Å². The van der Waals surface area contributed by atoms with Crippen molar-refractivity contribution in [3.63, 3.8) is 0 Å². The molecule has 4 aromatic carbocycles. The summed E-state index contributed by atoms with van der Waals surface area (Å²) in [6.07, 6.45) is 6.67. The number of hydrogen-bond donors (Lipinski definition) is 2. The molecule has 0 aliphatic heterocycles. The molecule has 6 aromatic rings. The van der Waals surface area contributed by atoms with Crippen LogP contribution in [0.25, 0.3) is 43.6 Å². The summed E-state index contributed by atoms with van der Waals surface area (Å²) >= 11 is 0. The molecular formula is C36H40Cl2N4. The highest BCUT2D eigenvalue weighted by atomic mass is 35.5. The van der Waals surface area contributed by atoms with Crippen LogP contribution in [0.3, 0.4) is 0 Å². The molecular weight excluding hydrogens is 559 g/mol. The maximum absolute atomic E-state index is 5.01. The Kier molecular flexibility index (Phi) is 10.8. The second-order valence-electron chi connectivity index (χ2n) is 10.6. The lowest BCUT2D eigenvalue weighted by Crippen LogP contribution is -2.06. The summed E-state index contributed by atoms with van der Waals surface area (Å²) in [6, 6.07) is 30.1. The van der Waals surface area contributed by atoms with E-state index < -0.39 is 0 Å². The van der Waals surface area contributed by atoms with Crippen LogP contribution in [0.4, 0.5) is 11.4 Å². The number of pyridine rings is 2. The van der Waals surface area contributed by atoms with Crippen molar-refractivity contribution in [1.82, 2.24) is 9.97 Å². The normalized spacial score (nSPS) is 11.0. The maximum Gasteiger partial charge on any atom is 0.0762 e. The van der Waals surface area contributed by atoms with E-state index in [9.17, 15) is 0 Å². The average molecular weight is 600 g/mol. The Morgan fingerprint density at radius 2 is 0.881 bits per heavy atom. The molecule has 0 fully saturated rings. The van der Waals surface area contributed by atoms with Gasteiger partial charge in [0.15, 0.2) is 0 Å². The van der Waals surface area contributed by atoms with Gasteiger partial charge < -0.3 is 10.6 Å². The van der Waals surface area contributed by atoms with Crippen molar-refractivity contribution in [3.8, 4) is 0 Å². The summed E-state index contributed by atoms with van der Waals surface area (Å²) in [5.74, 6) is 0. The van der Waals surface area contributed by atoms with Crippen LogP contribution in [0.2, 0.25) is 0 Å². The molecule has 2 heterocycles. The second kappa shape index (κ2) is 14.5. The van der Waals surface area contributed by atoms with E-state index in [0.29, 0.717) is 0 Å². The summed E-state index contributed by atoms with van der Waals surface area (Å²) in [4.78, 5) is 10.0. The summed E-state index contributed by atoms with van der Waals surface area (Å²) in [7, 11) is 0. The highest BCUT2D eigenvalue weighted by Gasteiger charge is 2.12. The van der Waals surface area contributed by atoms with Gasteiger partial charge in [0.25, 0.3) is 0 Å². The Balaban J connectivity index is 0.00000202. The van der Waals surface area contributed by atoms with E-state index in [1.807, 2.05) is 0 Å². The number of nitrogens with one attached hydrogen (secondary N) is 2. The minimum Gasteiger partial charge on any atom is -0.384 e. The molecule has 6 rings (SSSR count). The number of fused-ring (bicyclic) bond motifs is 4. The van der Waals surface area contributed by atoms with E-state index in [1.165, 1.54) is 56.9 Å². The van der Waals surface area contributed by atoms with Crippen LogP contribution in [-0.2, 0) is 12.8 Å². The van der Waals surface area contributed by atoms with Crippen molar-refractivity contribution in [1.29, 1.82) is 0 Å². The van der Waals surface area contributed by atoms with Gasteiger partial charge in [-0.1, -0.05) is 99.5 Å². The van der Waals surface area contributed by atoms with Crippen molar-refractivity contribution >= 4 is 79.8 Å². The van der Waals surface area contributed by atoms with E-state index in [-0.39, 0.29) is 24.8 Å². The Hall–Kier alpha value is -3.60. The fourth-order valence-corrected chi connectivity index (χ4v) is 5.93. The molecule has 0 atom stereocenters. The van der Waals surface area contributed by atoms with E-state index >= 15 is 0 Å². The lowest BCUT2D eigenvalue weighted by molar-refractivity contribution is 0.671. The second-order valence-corrected chi connectivity index (χ2v) is 10.6. The molecule has 0 saturated carbocycles. The first-order valence-corrected chi connectivity index (χ1v) is 14.9. The van der Waals surface area contributed by atoms with Crippen LogP contribution in [-0.4, -0.2) is 23.1 Å². The minimum absolute atomic E-state index is 0. The van der Waals surface area contributed by atoms with Crippen molar-refractivity contribution < 1.29 is 0 Å². The van der Waals surface area contributed by atoms with Gasteiger partial charge >= 0.3 is 0 Å². The molecule has 0 aliphatic rings. The van der Waals surface area contributed by atoms with Crippen molar-refractivity contribution in [2.75, 3.05) is 23.7 Å². The monoisotopic (exact) mass is 598 g/mol. The van der Waals surface area contributed by atoms with E-state index in [0.717, 1.165) is 60.8 Å². The number of hydrogen-bond acceptors (Lipinski definition) is 4. The quantitative estimate of drug-likeness (QED) is 0.115. The molecule has 2 aromatic heterocycles. The van der Waals surface area contributed by atoms with Crippen molar-refractivity contribution in [3.05, 3.63) is 96.1 Å². The first-order chi connectivity index (χ1) is 19.8. The Morgan fingerprint density at radius 3 is 1.31 bits per heavy atom. The molecule has 6 heteroatoms. The number of rotatable bonds is 11. The number of para-hydroxylation sites is 4. The molecule has 0 saturated heterocycles. The highest BCUT2D eigenvalue weighted by Crippen LogP contribution is 2.34. The zero-order valence-corrected chi connectivity index (χ0v) is 26.1. The molecule has 42 heavy (non-hydrogen) atoms. The molecule has 0 unspecified atom stereocenters. The van der Waals surface area contributed by atoms with Gasteiger partial charge in [-0.2, -0.15) is 0 Å². The highest BCUT2D eigenvalue weighted by molar-refractivity contribution is 6.09. The largest absolute Gasteiger partial charge is 0.384 e. The number of aromatic nitrogens is 2. The molecule has 0 spiro atoms. The van der Waals surface area contributed by atoms with Crippen LogP contribution >= 0.6 is 24.8 Å². The van der Waals surface area contributed by atoms with Crippen LogP contribution in [0.15, 0.2) is 84.9 Å². The van der Waals surface area contributed by atoms with E-state index in [4.69, 9.17) is 9.97 Å². The molecule has 2 N–H and O–H groups in total. The molecule has 0 aliphatic carbocycles. The first-order valence-electron chi connectivity index (χ1n) is 14.9. The molecule has 4 nitrogen and oxygen atoms in total. The predicted molar refractivity (Wildman–Crippen MR) is 187 cm³/mol. The summed E-state index contributed by atoms with van der Waals surface area (Å²) in [6.45, 7) is 6.34. The van der Waals surface area contributed by atoms with Gasteiger partial charge in [0, 0.05) is 34.6 Å². The lowest BCUT2D eigenvalue weighted by Gasteiger charge is -2.15. The van der Waals surface area contributed by atoms with E-state index in [2.05, 4.69) is 109 Å². The summed E-state index contributed by atoms with van der Waals surface area (Å²) < 4.78 is 0. The third kappa shape index (κ3) is 6.25. The SMILES string of the molecule is CCc1cccc2c(NCCCCCCNc3c4ccccc4nc4c(CC)cccc34)c3ccccc3nc12.Cl.Cl. The van der Waals surface area contributed by atoms with Gasteiger partial charge in [-0.3, -0.25) is 0 Å². The first kappa shape index (κ1) is 31.3. The van der Waals surface area contributed by atoms with Gasteiger partial charge in [-0.15, -0.1) is 24.8 Å². The van der Waals surface area contributed by atoms with Gasteiger partial charge in [0.1, 0.15) is 0 Å². The number of benzene rings is 4. The molecule has 0 radical (unpaired) electrons. The van der Waals surface area contributed by atoms with Gasteiger partial charge in [-0.05, 0) is 48.9 Å². The predicted octanol–water partition coefficient (Wildman–Crippen LogP) is 10.1. The van der Waals surface area contributed by atoms with Crippen LogP contribution < -0.4 is 10.6 Å². The fraction of sp³-hybridized carbons (Fsp3) is 0.278. The minimum atomic E-state index is 0. The molecule has 218 valence electrons. The standard InChI is InChI=1S/C36H38N4.2ClH/c1-3-25-15-13-19-29-33(25)39-31-21-9-7-17-27(31)35(29)37-23-11-5-6-12-24-38-36-28-18-8-10-22-32(28)40-34-26(4-2)16-14-20-30(34)36;;/h7-10,13-22H,3-6,11-12,23-24H2,1-2H3,(H,37,39)(H,38,40);2*1H. The van der Waals surface area contributed by atoms with Crippen LogP contribution in [0.5, 0.6) is 0 Å². The lowest BCUT2D eigenvalue weighted by atomic mass is 10.0. The molecule has 0 bridgehead atoms. The van der Waals surface area contributed by atoms with Crippen LogP contribution in [0, 0.1) is 0 Å². The number of aryl methyl sites for hydroxylation is 2. The Morgan fingerprint density at radius 1 is 0.476 bits per heavy atom. The number of halogens is 2. The van der Waals surface area contributed by atoms with Crippen molar-refractivity contribution in [2.24, 2.45) is 0 Å². The topological polar surface area (TPSA) is 49.8 Å². The molecule has 0 amide bonds. The Bertz CT molecular complexity index is 1670. The van der Waals surface area contributed by atoms with Gasteiger partial charge in [-0.25, -0.2) is 9.97 Å². The third-order valence-corrected chi connectivity index (χ3v) is 8.06. The van der Waals surface area contributed by atoms with Crippen molar-refractivity contribution in [2.45, 2.75) is 52.4 Å². The maximum atomic E-state index is 5.01. The summed E-state index contributed by atoms with van der Waals surface area (Å²) in [5.41, 5.74) is 9.43. The average Bonchev–Trinajstić information content (AvgIpc) is 3.00. The van der Waals surface area contributed by atoms with Gasteiger partial charge in [0.2, 0.25) is 0 Å². The third-order valence-electron chi connectivity index (χ3n) is 8.06. The zero-order valence-electron chi connectivity index (χ0n) is 24.5. The number of anilines is 2. The summed E-state index contributed by atoms with van der Waals surface area (Å²) in [5, 5.41) is 12.4.